The normalized spacial score (nSPS) is 12.2. The maximum absolute atomic E-state index is 5.59. The first-order valence-corrected chi connectivity index (χ1v) is 11.1. The lowest BCUT2D eigenvalue weighted by molar-refractivity contribution is 0.404. The van der Waals surface area contributed by atoms with Crippen molar-refractivity contribution in [2.75, 3.05) is 20.8 Å². The molecule has 0 saturated carbocycles. The number of nitrogens with one attached hydrogen (secondary N) is 1. The van der Waals surface area contributed by atoms with Gasteiger partial charge in [-0.3, -0.25) is 4.99 Å². The van der Waals surface area contributed by atoms with E-state index >= 15 is 0 Å². The summed E-state index contributed by atoms with van der Waals surface area (Å²) in [5.41, 5.74) is 3.84. The molecule has 1 N–H and O–H groups in total. The fourth-order valence-corrected chi connectivity index (χ4v) is 4.45. The van der Waals surface area contributed by atoms with Crippen LogP contribution in [0.3, 0.4) is 0 Å². The van der Waals surface area contributed by atoms with Gasteiger partial charge in [0.15, 0.2) is 0 Å². The third-order valence-corrected chi connectivity index (χ3v) is 6.00. The summed E-state index contributed by atoms with van der Waals surface area (Å²) in [5, 5.41) is 7.92. The Kier molecular flexibility index (Phi) is 6.06. The van der Waals surface area contributed by atoms with Crippen molar-refractivity contribution < 1.29 is 9.47 Å². The summed E-state index contributed by atoms with van der Waals surface area (Å²) in [4.78, 5) is 8.71. The van der Waals surface area contributed by atoms with E-state index in [0.29, 0.717) is 6.54 Å². The first kappa shape index (κ1) is 20.4. The van der Waals surface area contributed by atoms with Crippen LogP contribution in [0.1, 0.15) is 12.5 Å². The van der Waals surface area contributed by atoms with Crippen LogP contribution in [-0.4, -0.2) is 36.6 Å². The van der Waals surface area contributed by atoms with Gasteiger partial charge in [-0.2, -0.15) is 5.10 Å². The average Bonchev–Trinajstić information content (AvgIpc) is 3.35. The number of fused-ring (bicyclic) bond motifs is 1. The van der Waals surface area contributed by atoms with Gasteiger partial charge >= 0.3 is 0 Å². The maximum atomic E-state index is 5.59. The number of benzene rings is 2. The quantitative estimate of drug-likeness (QED) is 0.378. The van der Waals surface area contributed by atoms with E-state index in [2.05, 4.69) is 32.0 Å². The van der Waals surface area contributed by atoms with Crippen LogP contribution < -0.4 is 14.3 Å². The summed E-state index contributed by atoms with van der Waals surface area (Å²) in [5.74, 6) is 1.50. The third-order valence-electron chi connectivity index (χ3n) is 4.65. The molecule has 8 heteroatoms. The zero-order valence-corrected chi connectivity index (χ0v) is 19.3. The first-order chi connectivity index (χ1) is 14.6. The van der Waals surface area contributed by atoms with Crippen molar-refractivity contribution in [3.63, 3.8) is 0 Å². The molecule has 2 heterocycles. The average molecular weight is 485 g/mol. The molecular formula is C22H21BrN4O2S. The lowest BCUT2D eigenvalue weighted by atomic mass is 10.1. The predicted molar refractivity (Wildman–Crippen MR) is 126 cm³/mol. The molecule has 6 nitrogen and oxygen atoms in total. The van der Waals surface area contributed by atoms with Crippen LogP contribution in [0.25, 0.3) is 22.2 Å². The smallest absolute Gasteiger partial charge is 0.206 e. The maximum Gasteiger partial charge on any atom is 0.206 e. The molecule has 0 fully saturated rings. The summed E-state index contributed by atoms with van der Waals surface area (Å²) in [7, 11) is 3.31. The van der Waals surface area contributed by atoms with E-state index in [1.165, 1.54) is 0 Å². The fourth-order valence-electron chi connectivity index (χ4n) is 3.20. The number of hydrogen-bond acceptors (Lipinski definition) is 5. The van der Waals surface area contributed by atoms with Crippen LogP contribution in [-0.2, 0) is 0 Å². The van der Waals surface area contributed by atoms with E-state index in [-0.39, 0.29) is 0 Å². The van der Waals surface area contributed by atoms with Crippen molar-refractivity contribution in [2.45, 2.75) is 6.92 Å². The van der Waals surface area contributed by atoms with Crippen molar-refractivity contribution in [3.8, 4) is 22.8 Å². The Morgan fingerprint density at radius 2 is 2.03 bits per heavy atom. The Hall–Kier alpha value is -2.84. The predicted octanol–water partition coefficient (Wildman–Crippen LogP) is 5.28. The largest absolute Gasteiger partial charge is 0.497 e. The summed E-state index contributed by atoms with van der Waals surface area (Å²) < 4.78 is 13.9. The number of nitrogens with zero attached hydrogens (tertiary/aromatic N) is 3. The number of ether oxygens (including phenoxy) is 2. The lowest BCUT2D eigenvalue weighted by Crippen LogP contribution is -2.12. The number of thiazole rings is 1. The number of aromatic amines is 1. The Morgan fingerprint density at radius 1 is 1.17 bits per heavy atom. The standard InChI is InChI=1S/C22H21BrN4O2S/c1-4-24-22-27(26-12-14-11-25-19-7-5-15(23)9-17(14)19)20(13-30-22)18-10-16(28-2)6-8-21(18)29-3/h5-13,25H,4H2,1-3H3. The molecule has 0 amide bonds. The molecule has 0 aliphatic carbocycles. The molecule has 0 saturated heterocycles. The highest BCUT2D eigenvalue weighted by Gasteiger charge is 2.14. The molecule has 30 heavy (non-hydrogen) atoms. The van der Waals surface area contributed by atoms with E-state index in [9.17, 15) is 0 Å². The van der Waals surface area contributed by atoms with E-state index in [1.54, 1.807) is 25.6 Å². The van der Waals surface area contributed by atoms with Gasteiger partial charge in [-0.25, -0.2) is 4.68 Å². The Bertz CT molecular complexity index is 1290. The molecule has 0 aliphatic heterocycles. The van der Waals surface area contributed by atoms with Crippen molar-refractivity contribution in [3.05, 3.63) is 62.8 Å². The van der Waals surface area contributed by atoms with Crippen LogP contribution in [0.4, 0.5) is 0 Å². The third kappa shape index (κ3) is 3.93. The number of methoxy groups -OCH3 is 2. The van der Waals surface area contributed by atoms with Crippen molar-refractivity contribution in [2.24, 2.45) is 10.1 Å². The second-order valence-corrected chi connectivity index (χ2v) is 8.19. The molecule has 0 radical (unpaired) electrons. The second-order valence-electron chi connectivity index (χ2n) is 6.43. The minimum Gasteiger partial charge on any atom is -0.497 e. The van der Waals surface area contributed by atoms with Gasteiger partial charge in [0.2, 0.25) is 4.80 Å². The molecule has 0 unspecified atom stereocenters. The fraction of sp³-hybridized carbons (Fsp3) is 0.182. The van der Waals surface area contributed by atoms with Gasteiger partial charge in [-0.05, 0) is 43.3 Å². The van der Waals surface area contributed by atoms with Crippen LogP contribution in [0.5, 0.6) is 11.5 Å². The van der Waals surface area contributed by atoms with Crippen LogP contribution in [0.2, 0.25) is 0 Å². The SMILES string of the molecule is CCN=c1scc(-c2cc(OC)ccc2OC)n1N=Cc1c[nH]c2ccc(Br)cc12. The molecule has 0 bridgehead atoms. The molecular weight excluding hydrogens is 464 g/mol. The van der Waals surface area contributed by atoms with Crippen molar-refractivity contribution in [1.29, 1.82) is 0 Å². The molecule has 0 spiro atoms. The van der Waals surface area contributed by atoms with E-state index in [0.717, 1.165) is 48.5 Å². The molecule has 2 aromatic carbocycles. The monoisotopic (exact) mass is 484 g/mol. The number of H-pyrrole nitrogens is 1. The Labute approximate surface area is 186 Å². The molecule has 2 aromatic heterocycles. The highest BCUT2D eigenvalue weighted by atomic mass is 79.9. The zero-order valence-electron chi connectivity index (χ0n) is 16.8. The minimum absolute atomic E-state index is 0.671. The first-order valence-electron chi connectivity index (χ1n) is 9.39. The molecule has 4 rings (SSSR count). The second kappa shape index (κ2) is 8.89. The van der Waals surface area contributed by atoms with Gasteiger partial charge in [0.25, 0.3) is 0 Å². The number of aromatic nitrogens is 2. The molecule has 4 aromatic rings. The minimum atomic E-state index is 0.671. The van der Waals surface area contributed by atoms with Crippen LogP contribution >= 0.6 is 27.3 Å². The van der Waals surface area contributed by atoms with Crippen molar-refractivity contribution in [1.82, 2.24) is 9.66 Å². The zero-order chi connectivity index (χ0) is 21.1. The van der Waals surface area contributed by atoms with Gasteiger partial charge in [0.05, 0.1) is 26.1 Å². The Balaban J connectivity index is 1.86. The van der Waals surface area contributed by atoms with Gasteiger partial charge in [-0.15, -0.1) is 11.3 Å². The van der Waals surface area contributed by atoms with Gasteiger partial charge in [0.1, 0.15) is 11.5 Å². The summed E-state index contributed by atoms with van der Waals surface area (Å²) >= 11 is 5.08. The van der Waals surface area contributed by atoms with Gasteiger partial charge in [0, 0.05) is 44.6 Å². The van der Waals surface area contributed by atoms with Gasteiger partial charge in [-0.1, -0.05) is 15.9 Å². The Morgan fingerprint density at radius 3 is 2.80 bits per heavy atom. The lowest BCUT2D eigenvalue weighted by Gasteiger charge is -2.11. The topological polar surface area (TPSA) is 63.9 Å². The molecule has 154 valence electrons. The highest BCUT2D eigenvalue weighted by Crippen LogP contribution is 2.33. The molecule has 0 aliphatic rings. The van der Waals surface area contributed by atoms with E-state index in [1.807, 2.05) is 59.7 Å². The van der Waals surface area contributed by atoms with E-state index in [4.69, 9.17) is 14.6 Å². The summed E-state index contributed by atoms with van der Waals surface area (Å²) in [6.07, 6.45) is 3.80. The van der Waals surface area contributed by atoms with E-state index < -0.39 is 0 Å². The number of halogens is 1. The van der Waals surface area contributed by atoms with Crippen LogP contribution in [0.15, 0.2) is 62.5 Å². The highest BCUT2D eigenvalue weighted by molar-refractivity contribution is 9.10. The summed E-state index contributed by atoms with van der Waals surface area (Å²) in [6, 6.07) is 11.9. The van der Waals surface area contributed by atoms with Gasteiger partial charge < -0.3 is 14.5 Å². The van der Waals surface area contributed by atoms with Crippen LogP contribution in [0, 0.1) is 0 Å². The number of rotatable bonds is 6. The van der Waals surface area contributed by atoms with Crippen molar-refractivity contribution >= 4 is 44.4 Å². The molecule has 0 atom stereocenters. The summed E-state index contributed by atoms with van der Waals surface area (Å²) in [6.45, 7) is 2.68. The number of hydrogen-bond donors (Lipinski definition) is 1.